The topological polar surface area (TPSA) is 15.3 Å². The molecular formula is C57H44N2. The molecule has 10 rings (SSSR count). The molecule has 9 aromatic carbocycles. The third-order valence-corrected chi connectivity index (χ3v) is 11.9. The summed E-state index contributed by atoms with van der Waals surface area (Å²) in [5.41, 5.74) is 20.3. The maximum Gasteiger partial charge on any atom is 0.0465 e. The molecule has 2 heteroatoms. The Labute approximate surface area is 347 Å². The quantitative estimate of drug-likeness (QED) is 0.158. The van der Waals surface area contributed by atoms with E-state index in [1.807, 2.05) is 0 Å². The molecule has 0 saturated carbocycles. The van der Waals surface area contributed by atoms with Crippen molar-refractivity contribution in [1.29, 1.82) is 0 Å². The summed E-state index contributed by atoms with van der Waals surface area (Å²) in [7, 11) is 0. The van der Waals surface area contributed by atoms with Gasteiger partial charge in [-0.15, -0.1) is 0 Å². The molecule has 0 aliphatic heterocycles. The smallest absolute Gasteiger partial charge is 0.0465 e. The van der Waals surface area contributed by atoms with Gasteiger partial charge in [-0.1, -0.05) is 178 Å². The first kappa shape index (κ1) is 36.0. The molecule has 1 N–H and O–H groups in total. The van der Waals surface area contributed by atoms with E-state index in [2.05, 4.69) is 249 Å². The Morgan fingerprint density at radius 2 is 0.644 bits per heavy atom. The molecule has 0 unspecified atom stereocenters. The van der Waals surface area contributed by atoms with Gasteiger partial charge in [0.2, 0.25) is 0 Å². The molecule has 59 heavy (non-hydrogen) atoms. The molecule has 0 atom stereocenters. The predicted molar refractivity (Wildman–Crippen MR) is 250 cm³/mol. The lowest BCUT2D eigenvalue weighted by Crippen LogP contribution is -2.16. The number of hydrogen-bond donors (Lipinski definition) is 1. The molecule has 282 valence electrons. The molecule has 0 amide bonds. The van der Waals surface area contributed by atoms with Crippen molar-refractivity contribution in [2.45, 2.75) is 19.3 Å². The van der Waals surface area contributed by atoms with Crippen molar-refractivity contribution in [3.8, 4) is 55.6 Å². The number of rotatable bonds is 9. The zero-order valence-corrected chi connectivity index (χ0v) is 33.3. The third-order valence-electron chi connectivity index (χ3n) is 11.9. The van der Waals surface area contributed by atoms with Crippen LogP contribution in [-0.2, 0) is 5.41 Å². The molecule has 0 spiro atoms. The standard InChI is InChI=1S/C57H44N2/c1-57(2)55-38-49(58-48-30-26-46(27-31-48)44-22-18-42(19-23-44)40-12-6-3-7-13-40)32-36-53(55)54-37-35-52(39-56(54)57)59(50-16-10-5-11-17-50)51-33-28-47(29-34-51)45-24-20-43(21-25-45)41-14-8-4-9-15-41/h3-39,58H,1-2H3. The van der Waals surface area contributed by atoms with E-state index in [-0.39, 0.29) is 5.41 Å². The summed E-state index contributed by atoms with van der Waals surface area (Å²) in [6.07, 6.45) is 0. The van der Waals surface area contributed by atoms with E-state index in [1.54, 1.807) is 0 Å². The number of nitrogens with one attached hydrogen (secondary N) is 1. The Bertz CT molecular complexity index is 2860. The Morgan fingerprint density at radius 1 is 0.305 bits per heavy atom. The molecule has 0 aromatic heterocycles. The zero-order valence-electron chi connectivity index (χ0n) is 33.3. The van der Waals surface area contributed by atoms with Crippen LogP contribution in [0.2, 0.25) is 0 Å². The maximum absolute atomic E-state index is 3.70. The van der Waals surface area contributed by atoms with E-state index in [4.69, 9.17) is 0 Å². The van der Waals surface area contributed by atoms with Crippen LogP contribution in [0.1, 0.15) is 25.0 Å². The second-order valence-electron chi connectivity index (χ2n) is 15.9. The van der Waals surface area contributed by atoms with Crippen LogP contribution < -0.4 is 10.2 Å². The van der Waals surface area contributed by atoms with Gasteiger partial charge in [0.1, 0.15) is 0 Å². The van der Waals surface area contributed by atoms with Gasteiger partial charge >= 0.3 is 0 Å². The van der Waals surface area contributed by atoms with E-state index in [0.29, 0.717) is 0 Å². The molecule has 0 bridgehead atoms. The Balaban J connectivity index is 0.895. The van der Waals surface area contributed by atoms with Crippen LogP contribution in [0.5, 0.6) is 0 Å². The molecular weight excluding hydrogens is 713 g/mol. The van der Waals surface area contributed by atoms with Gasteiger partial charge in [-0.2, -0.15) is 0 Å². The number of para-hydroxylation sites is 1. The Hall–Kier alpha value is -7.42. The highest BCUT2D eigenvalue weighted by Crippen LogP contribution is 2.51. The highest BCUT2D eigenvalue weighted by Gasteiger charge is 2.36. The van der Waals surface area contributed by atoms with Crippen LogP contribution in [0.3, 0.4) is 0 Å². The number of benzene rings is 9. The van der Waals surface area contributed by atoms with Crippen molar-refractivity contribution in [2.24, 2.45) is 0 Å². The Morgan fingerprint density at radius 3 is 1.14 bits per heavy atom. The van der Waals surface area contributed by atoms with Gasteiger partial charge < -0.3 is 10.2 Å². The average Bonchev–Trinajstić information content (AvgIpc) is 3.52. The van der Waals surface area contributed by atoms with Gasteiger partial charge in [-0.05, 0) is 127 Å². The fourth-order valence-corrected chi connectivity index (χ4v) is 8.65. The zero-order chi connectivity index (χ0) is 39.8. The van der Waals surface area contributed by atoms with Crippen LogP contribution in [0.15, 0.2) is 224 Å². The molecule has 0 fully saturated rings. The van der Waals surface area contributed by atoms with Gasteiger partial charge in [0, 0.05) is 33.9 Å². The summed E-state index contributed by atoms with van der Waals surface area (Å²) >= 11 is 0. The second-order valence-corrected chi connectivity index (χ2v) is 15.9. The SMILES string of the molecule is CC1(C)c2cc(Nc3ccc(-c4ccc(-c5ccccc5)cc4)cc3)ccc2-c2ccc(N(c3ccccc3)c3ccc(-c4ccc(-c5ccccc5)cc4)cc3)cc21. The van der Waals surface area contributed by atoms with Crippen molar-refractivity contribution in [1.82, 2.24) is 0 Å². The van der Waals surface area contributed by atoms with E-state index >= 15 is 0 Å². The minimum atomic E-state index is -0.188. The number of hydrogen-bond acceptors (Lipinski definition) is 2. The highest BCUT2D eigenvalue weighted by molar-refractivity contribution is 5.87. The molecule has 1 aliphatic carbocycles. The van der Waals surface area contributed by atoms with E-state index in [1.165, 1.54) is 66.8 Å². The summed E-state index contributed by atoms with van der Waals surface area (Å²) in [4.78, 5) is 2.37. The van der Waals surface area contributed by atoms with Crippen molar-refractivity contribution in [2.75, 3.05) is 10.2 Å². The van der Waals surface area contributed by atoms with E-state index in [9.17, 15) is 0 Å². The van der Waals surface area contributed by atoms with Crippen LogP contribution in [-0.4, -0.2) is 0 Å². The first-order valence-electron chi connectivity index (χ1n) is 20.4. The van der Waals surface area contributed by atoms with Crippen LogP contribution in [0, 0.1) is 0 Å². The number of nitrogens with zero attached hydrogens (tertiary/aromatic N) is 1. The van der Waals surface area contributed by atoms with Crippen molar-refractivity contribution in [3.63, 3.8) is 0 Å². The van der Waals surface area contributed by atoms with Crippen molar-refractivity contribution < 1.29 is 0 Å². The molecule has 2 nitrogen and oxygen atoms in total. The lowest BCUT2D eigenvalue weighted by Gasteiger charge is -2.28. The van der Waals surface area contributed by atoms with Gasteiger partial charge in [0.15, 0.2) is 0 Å². The minimum absolute atomic E-state index is 0.188. The van der Waals surface area contributed by atoms with Crippen molar-refractivity contribution in [3.05, 3.63) is 236 Å². The first-order chi connectivity index (χ1) is 29.0. The summed E-state index contributed by atoms with van der Waals surface area (Å²) < 4.78 is 0. The summed E-state index contributed by atoms with van der Waals surface area (Å²) in [6, 6.07) is 81.0. The molecule has 0 radical (unpaired) electrons. The van der Waals surface area contributed by atoms with Crippen LogP contribution in [0.25, 0.3) is 55.6 Å². The lowest BCUT2D eigenvalue weighted by atomic mass is 9.82. The van der Waals surface area contributed by atoms with Crippen LogP contribution in [0.4, 0.5) is 28.4 Å². The fraction of sp³-hybridized carbons (Fsp3) is 0.0526. The molecule has 9 aromatic rings. The van der Waals surface area contributed by atoms with E-state index < -0.39 is 0 Å². The molecule has 0 saturated heterocycles. The summed E-state index contributed by atoms with van der Waals surface area (Å²) in [6.45, 7) is 4.71. The maximum atomic E-state index is 3.70. The Kier molecular flexibility index (Phi) is 9.24. The molecule has 1 aliphatic rings. The highest BCUT2D eigenvalue weighted by atomic mass is 15.1. The van der Waals surface area contributed by atoms with E-state index in [0.717, 1.165) is 28.4 Å². The first-order valence-corrected chi connectivity index (χ1v) is 20.4. The minimum Gasteiger partial charge on any atom is -0.356 e. The van der Waals surface area contributed by atoms with Crippen molar-refractivity contribution >= 4 is 28.4 Å². The third kappa shape index (κ3) is 7.00. The van der Waals surface area contributed by atoms with Gasteiger partial charge in [0.25, 0.3) is 0 Å². The number of fused-ring (bicyclic) bond motifs is 3. The molecule has 0 heterocycles. The summed E-state index contributed by atoms with van der Waals surface area (Å²) in [5.74, 6) is 0. The van der Waals surface area contributed by atoms with Crippen LogP contribution >= 0.6 is 0 Å². The monoisotopic (exact) mass is 756 g/mol. The average molecular weight is 757 g/mol. The number of anilines is 5. The van der Waals surface area contributed by atoms with Gasteiger partial charge in [-0.3, -0.25) is 0 Å². The largest absolute Gasteiger partial charge is 0.356 e. The van der Waals surface area contributed by atoms with Gasteiger partial charge in [-0.25, -0.2) is 0 Å². The predicted octanol–water partition coefficient (Wildman–Crippen LogP) is 15.9. The second kappa shape index (κ2) is 15.2. The summed E-state index contributed by atoms with van der Waals surface area (Å²) in [5, 5.41) is 3.70. The van der Waals surface area contributed by atoms with Gasteiger partial charge in [0.05, 0.1) is 0 Å². The normalized spacial score (nSPS) is 12.4. The lowest BCUT2D eigenvalue weighted by molar-refractivity contribution is 0.660. The fourth-order valence-electron chi connectivity index (χ4n) is 8.65.